The van der Waals surface area contributed by atoms with Crippen molar-refractivity contribution in [1.29, 1.82) is 0 Å². The first-order valence-electron chi connectivity index (χ1n) is 9.74. The summed E-state index contributed by atoms with van der Waals surface area (Å²) in [6.07, 6.45) is 19.7. The number of hydrogen-bond donors (Lipinski definition) is 2. The van der Waals surface area contributed by atoms with Crippen LogP contribution in [0.15, 0.2) is 0 Å². The summed E-state index contributed by atoms with van der Waals surface area (Å²) in [5.41, 5.74) is -0.545. The predicted molar refractivity (Wildman–Crippen MR) is 101 cm³/mol. The fourth-order valence-electron chi connectivity index (χ4n) is 2.87. The van der Waals surface area contributed by atoms with E-state index in [1.807, 2.05) is 13.8 Å². The minimum Gasteiger partial charge on any atom is -0.481 e. The summed E-state index contributed by atoms with van der Waals surface area (Å²) in [6, 6.07) is 0. The largest absolute Gasteiger partial charge is 0.481 e. The molecular formula is C20H43NO2. The molecule has 4 N–H and O–H groups in total. The first-order valence-corrected chi connectivity index (χ1v) is 9.74. The number of unbranched alkanes of at least 4 members (excludes halogenated alkanes) is 13. The van der Waals surface area contributed by atoms with E-state index in [4.69, 9.17) is 5.11 Å². The van der Waals surface area contributed by atoms with Crippen LogP contribution in [0.5, 0.6) is 0 Å². The third-order valence-electron chi connectivity index (χ3n) is 4.73. The van der Waals surface area contributed by atoms with Gasteiger partial charge in [0.15, 0.2) is 0 Å². The topological polar surface area (TPSA) is 72.3 Å². The molecule has 0 amide bonds. The monoisotopic (exact) mass is 329 g/mol. The molecule has 0 unspecified atom stereocenters. The second kappa shape index (κ2) is 16.3. The quantitative estimate of drug-likeness (QED) is 0.296. The van der Waals surface area contributed by atoms with Crippen LogP contribution in [0.25, 0.3) is 0 Å². The predicted octanol–water partition coefficient (Wildman–Crippen LogP) is 7.13. The smallest absolute Gasteiger partial charge is 0.309 e. The molecule has 0 aromatic heterocycles. The summed E-state index contributed by atoms with van der Waals surface area (Å²) < 4.78 is 0. The van der Waals surface area contributed by atoms with E-state index >= 15 is 0 Å². The van der Waals surface area contributed by atoms with Gasteiger partial charge in [-0.15, -0.1) is 0 Å². The van der Waals surface area contributed by atoms with Crippen LogP contribution in [0.2, 0.25) is 0 Å². The molecule has 0 fully saturated rings. The third-order valence-corrected chi connectivity index (χ3v) is 4.73. The zero-order valence-electron chi connectivity index (χ0n) is 16.2. The number of hydrogen-bond acceptors (Lipinski definition) is 2. The Kier molecular flexibility index (Phi) is 17.5. The number of carboxylic acid groups (broad SMARTS) is 1. The fraction of sp³-hybridized carbons (Fsp3) is 0.950. The Balaban J connectivity index is 0. The van der Waals surface area contributed by atoms with E-state index in [9.17, 15) is 4.79 Å². The van der Waals surface area contributed by atoms with Crippen molar-refractivity contribution in [1.82, 2.24) is 6.15 Å². The van der Waals surface area contributed by atoms with Crippen LogP contribution < -0.4 is 6.15 Å². The van der Waals surface area contributed by atoms with Crippen LogP contribution in [-0.4, -0.2) is 11.1 Å². The van der Waals surface area contributed by atoms with E-state index in [2.05, 4.69) is 6.92 Å². The van der Waals surface area contributed by atoms with Gasteiger partial charge >= 0.3 is 5.97 Å². The number of rotatable bonds is 16. The summed E-state index contributed by atoms with van der Waals surface area (Å²) >= 11 is 0. The highest BCUT2D eigenvalue weighted by molar-refractivity contribution is 5.73. The molecule has 0 rings (SSSR count). The minimum absolute atomic E-state index is 0. The van der Waals surface area contributed by atoms with Gasteiger partial charge in [0.25, 0.3) is 0 Å². The third kappa shape index (κ3) is 16.1. The first kappa shape index (κ1) is 24.7. The van der Waals surface area contributed by atoms with Gasteiger partial charge in [-0.05, 0) is 20.3 Å². The maximum absolute atomic E-state index is 11.0. The van der Waals surface area contributed by atoms with Crippen LogP contribution in [0.4, 0.5) is 0 Å². The molecule has 0 aliphatic heterocycles. The molecule has 0 aromatic rings. The average Bonchev–Trinajstić information content (AvgIpc) is 2.47. The van der Waals surface area contributed by atoms with Gasteiger partial charge in [-0.2, -0.15) is 0 Å². The van der Waals surface area contributed by atoms with Crippen molar-refractivity contribution in [2.45, 2.75) is 117 Å². The van der Waals surface area contributed by atoms with Crippen molar-refractivity contribution in [2.24, 2.45) is 5.41 Å². The second-order valence-electron chi connectivity index (χ2n) is 7.54. The Morgan fingerprint density at radius 2 is 1.00 bits per heavy atom. The molecule has 0 aliphatic carbocycles. The van der Waals surface area contributed by atoms with Gasteiger partial charge in [0.1, 0.15) is 0 Å². The lowest BCUT2D eigenvalue weighted by Crippen LogP contribution is -2.23. The van der Waals surface area contributed by atoms with Crippen molar-refractivity contribution < 1.29 is 9.90 Å². The molecule has 0 saturated heterocycles. The summed E-state index contributed by atoms with van der Waals surface area (Å²) in [5, 5.41) is 9.05. The zero-order chi connectivity index (χ0) is 16.7. The van der Waals surface area contributed by atoms with Crippen LogP contribution >= 0.6 is 0 Å². The molecular weight excluding hydrogens is 286 g/mol. The van der Waals surface area contributed by atoms with Gasteiger partial charge in [0.05, 0.1) is 5.41 Å². The van der Waals surface area contributed by atoms with E-state index in [0.717, 1.165) is 12.8 Å². The normalized spacial score (nSPS) is 11.3. The molecule has 0 bridgehead atoms. The molecule has 0 aliphatic rings. The van der Waals surface area contributed by atoms with Gasteiger partial charge in [-0.3, -0.25) is 4.79 Å². The molecule has 0 atom stereocenters. The molecule has 23 heavy (non-hydrogen) atoms. The van der Waals surface area contributed by atoms with Crippen molar-refractivity contribution in [2.75, 3.05) is 0 Å². The molecule has 0 spiro atoms. The molecule has 140 valence electrons. The Labute approximate surface area is 145 Å². The van der Waals surface area contributed by atoms with E-state index in [1.54, 1.807) is 0 Å². The van der Waals surface area contributed by atoms with Crippen molar-refractivity contribution in [3.8, 4) is 0 Å². The number of carbonyl (C=O) groups is 1. The van der Waals surface area contributed by atoms with E-state index in [1.165, 1.54) is 83.5 Å². The van der Waals surface area contributed by atoms with E-state index in [0.29, 0.717) is 0 Å². The lowest BCUT2D eigenvalue weighted by Gasteiger charge is -2.18. The highest BCUT2D eigenvalue weighted by atomic mass is 16.4. The van der Waals surface area contributed by atoms with Gasteiger partial charge in [0.2, 0.25) is 0 Å². The lowest BCUT2D eigenvalue weighted by molar-refractivity contribution is -0.147. The van der Waals surface area contributed by atoms with Crippen molar-refractivity contribution in [3.05, 3.63) is 0 Å². The second-order valence-corrected chi connectivity index (χ2v) is 7.54. The maximum Gasteiger partial charge on any atom is 0.309 e. The van der Waals surface area contributed by atoms with Crippen LogP contribution in [0.1, 0.15) is 117 Å². The summed E-state index contributed by atoms with van der Waals surface area (Å²) in [4.78, 5) is 11.0. The van der Waals surface area contributed by atoms with Gasteiger partial charge in [-0.25, -0.2) is 0 Å². The van der Waals surface area contributed by atoms with Crippen molar-refractivity contribution >= 4 is 5.97 Å². The highest BCUT2D eigenvalue weighted by Crippen LogP contribution is 2.24. The average molecular weight is 330 g/mol. The molecule has 3 nitrogen and oxygen atoms in total. The Bertz CT molecular complexity index is 264. The molecule has 0 saturated carbocycles. The van der Waals surface area contributed by atoms with Gasteiger partial charge in [0, 0.05) is 0 Å². The van der Waals surface area contributed by atoms with Crippen LogP contribution in [0, 0.1) is 5.41 Å². The van der Waals surface area contributed by atoms with Gasteiger partial charge < -0.3 is 11.3 Å². The standard InChI is InChI=1S/C20H40O2.H3N/c1-4-5-6-7-8-9-10-11-12-13-14-15-16-17-18-20(2,3)19(21)22;/h4-18H2,1-3H3,(H,21,22);1H3. The summed E-state index contributed by atoms with van der Waals surface area (Å²) in [7, 11) is 0. The molecule has 0 aromatic carbocycles. The Morgan fingerprint density at radius 1 is 0.696 bits per heavy atom. The zero-order valence-corrected chi connectivity index (χ0v) is 16.2. The Morgan fingerprint density at radius 3 is 1.30 bits per heavy atom. The van der Waals surface area contributed by atoms with E-state index < -0.39 is 11.4 Å². The Hall–Kier alpha value is -0.570. The minimum atomic E-state index is -0.665. The highest BCUT2D eigenvalue weighted by Gasteiger charge is 2.25. The number of carboxylic acids is 1. The maximum atomic E-state index is 11.0. The van der Waals surface area contributed by atoms with Crippen LogP contribution in [-0.2, 0) is 4.79 Å². The first-order chi connectivity index (χ1) is 10.5. The number of aliphatic carboxylic acids is 1. The van der Waals surface area contributed by atoms with Crippen molar-refractivity contribution in [3.63, 3.8) is 0 Å². The van der Waals surface area contributed by atoms with Gasteiger partial charge in [-0.1, -0.05) is 96.8 Å². The molecule has 3 heteroatoms. The molecule has 0 radical (unpaired) electrons. The SMILES string of the molecule is CCCCCCCCCCCCCCCCC(C)(C)C(=O)O.N. The molecule has 0 heterocycles. The summed E-state index contributed by atoms with van der Waals surface area (Å²) in [5.74, 6) is -0.665. The van der Waals surface area contributed by atoms with Crippen LogP contribution in [0.3, 0.4) is 0 Å². The lowest BCUT2D eigenvalue weighted by atomic mass is 9.87. The van der Waals surface area contributed by atoms with E-state index in [-0.39, 0.29) is 6.15 Å². The fourth-order valence-corrected chi connectivity index (χ4v) is 2.87. The summed E-state index contributed by atoms with van der Waals surface area (Å²) in [6.45, 7) is 5.93.